The summed E-state index contributed by atoms with van der Waals surface area (Å²) in [6, 6.07) is 12.6. The fraction of sp³-hybridized carbons (Fsp3) is 0.417. The van der Waals surface area contributed by atoms with Crippen molar-refractivity contribution in [3.8, 4) is 0 Å². The number of hydrogen-bond donors (Lipinski definition) is 4. The lowest BCUT2D eigenvalue weighted by Crippen LogP contribution is -2.63. The fourth-order valence-electron chi connectivity index (χ4n) is 3.72. The Kier molecular flexibility index (Phi) is 9.67. The van der Waals surface area contributed by atoms with E-state index in [1.165, 1.54) is 36.0 Å². The zero-order valence-corrected chi connectivity index (χ0v) is 21.2. The Labute approximate surface area is 209 Å². The van der Waals surface area contributed by atoms with Gasteiger partial charge < -0.3 is 16.0 Å². The van der Waals surface area contributed by atoms with E-state index in [9.17, 15) is 22.4 Å². The van der Waals surface area contributed by atoms with Gasteiger partial charge in [0.2, 0.25) is 21.8 Å². The predicted octanol–water partition coefficient (Wildman–Crippen LogP) is 1.95. The Morgan fingerprint density at radius 1 is 1.03 bits per heavy atom. The van der Waals surface area contributed by atoms with Crippen LogP contribution in [0.15, 0.2) is 58.3 Å². The number of nitrogens with one attached hydrogen (secondary N) is 4. The molecule has 1 heterocycles. The van der Waals surface area contributed by atoms with E-state index in [1.807, 2.05) is 6.92 Å². The molecule has 8 nitrogen and oxygen atoms in total. The van der Waals surface area contributed by atoms with Crippen molar-refractivity contribution in [1.29, 1.82) is 0 Å². The lowest BCUT2D eigenvalue weighted by molar-refractivity contribution is -0.134. The monoisotopic (exact) mass is 522 g/mol. The van der Waals surface area contributed by atoms with Gasteiger partial charge in [-0.15, -0.1) is 11.8 Å². The largest absolute Gasteiger partial charge is 0.353 e. The summed E-state index contributed by atoms with van der Waals surface area (Å²) in [6.45, 7) is 3.16. The van der Waals surface area contributed by atoms with Gasteiger partial charge in [-0.2, -0.15) is 0 Å². The summed E-state index contributed by atoms with van der Waals surface area (Å²) in [5.41, 5.74) is -0.0850. The van der Waals surface area contributed by atoms with Crippen LogP contribution in [-0.4, -0.2) is 57.7 Å². The summed E-state index contributed by atoms with van der Waals surface area (Å²) in [4.78, 5) is 26.7. The van der Waals surface area contributed by atoms with Crippen molar-refractivity contribution in [1.82, 2.24) is 20.7 Å². The van der Waals surface area contributed by atoms with E-state index in [-0.39, 0.29) is 42.0 Å². The maximum absolute atomic E-state index is 13.0. The van der Waals surface area contributed by atoms with Crippen LogP contribution in [0.4, 0.5) is 4.39 Å². The van der Waals surface area contributed by atoms with Crippen LogP contribution in [0.2, 0.25) is 0 Å². The molecule has 190 valence electrons. The number of sulfonamides is 1. The number of benzene rings is 2. The molecule has 0 atom stereocenters. The molecule has 0 aliphatic carbocycles. The van der Waals surface area contributed by atoms with Gasteiger partial charge in [-0.25, -0.2) is 17.5 Å². The first-order valence-corrected chi connectivity index (χ1v) is 13.9. The molecule has 3 rings (SSSR count). The Morgan fingerprint density at radius 2 is 1.69 bits per heavy atom. The van der Waals surface area contributed by atoms with Crippen LogP contribution in [0, 0.1) is 12.7 Å². The van der Waals surface area contributed by atoms with Crippen molar-refractivity contribution in [3.63, 3.8) is 0 Å². The van der Waals surface area contributed by atoms with E-state index in [4.69, 9.17) is 0 Å². The summed E-state index contributed by atoms with van der Waals surface area (Å²) in [6.07, 6.45) is 1.08. The molecule has 0 bridgehead atoms. The van der Waals surface area contributed by atoms with Gasteiger partial charge in [-0.3, -0.25) is 9.59 Å². The average molecular weight is 523 g/mol. The minimum Gasteiger partial charge on any atom is -0.353 e. The second kappa shape index (κ2) is 12.5. The SMILES string of the molecule is Cc1ccc(S(=O)(=O)NCCNC(=O)C2(NC(=O)CCSc3ccc(F)cc3)CCNCC2)cc1. The quantitative estimate of drug-likeness (QED) is 0.265. The molecule has 35 heavy (non-hydrogen) atoms. The van der Waals surface area contributed by atoms with Gasteiger partial charge in [0.15, 0.2) is 0 Å². The standard InChI is InChI=1S/C24H31FN4O4S2/c1-18-2-8-21(9-3-18)35(32,33)28-16-15-27-23(31)24(11-13-26-14-12-24)29-22(30)10-17-34-20-6-4-19(25)5-7-20/h2-9,26,28H,10-17H2,1H3,(H,27,31)(H,29,30). The van der Waals surface area contributed by atoms with E-state index >= 15 is 0 Å². The second-order valence-corrected chi connectivity index (χ2v) is 11.3. The molecule has 2 amide bonds. The fourth-order valence-corrected chi connectivity index (χ4v) is 5.60. The molecule has 11 heteroatoms. The van der Waals surface area contributed by atoms with E-state index in [0.29, 0.717) is 31.7 Å². The molecule has 1 saturated heterocycles. The number of thioether (sulfide) groups is 1. The molecule has 2 aromatic carbocycles. The molecule has 0 aromatic heterocycles. The summed E-state index contributed by atoms with van der Waals surface area (Å²) < 4.78 is 40.3. The van der Waals surface area contributed by atoms with Crippen molar-refractivity contribution < 1.29 is 22.4 Å². The van der Waals surface area contributed by atoms with Crippen LogP contribution >= 0.6 is 11.8 Å². The lowest BCUT2D eigenvalue weighted by Gasteiger charge is -2.37. The Hall–Kier alpha value is -2.47. The number of rotatable bonds is 11. The summed E-state index contributed by atoms with van der Waals surface area (Å²) in [5, 5.41) is 8.87. The van der Waals surface area contributed by atoms with Gasteiger partial charge >= 0.3 is 0 Å². The minimum absolute atomic E-state index is 0.0263. The van der Waals surface area contributed by atoms with E-state index in [0.717, 1.165) is 10.5 Å². The highest BCUT2D eigenvalue weighted by molar-refractivity contribution is 7.99. The summed E-state index contributed by atoms with van der Waals surface area (Å²) >= 11 is 1.44. The summed E-state index contributed by atoms with van der Waals surface area (Å²) in [5.74, 6) is -0.382. The van der Waals surface area contributed by atoms with Crippen LogP contribution in [0.3, 0.4) is 0 Å². The number of piperidine rings is 1. The first kappa shape index (κ1) is 27.1. The minimum atomic E-state index is -3.67. The first-order valence-electron chi connectivity index (χ1n) is 11.4. The first-order chi connectivity index (χ1) is 16.7. The maximum atomic E-state index is 13.0. The number of halogens is 1. The van der Waals surface area contributed by atoms with Gasteiger partial charge in [0.1, 0.15) is 11.4 Å². The van der Waals surface area contributed by atoms with Gasteiger partial charge in [0.05, 0.1) is 4.90 Å². The molecule has 0 spiro atoms. The van der Waals surface area contributed by atoms with Gasteiger partial charge in [-0.1, -0.05) is 17.7 Å². The Morgan fingerprint density at radius 3 is 2.34 bits per heavy atom. The molecular weight excluding hydrogens is 491 g/mol. The number of amides is 2. The molecular formula is C24H31FN4O4S2. The molecule has 2 aromatic rings. The van der Waals surface area contributed by atoms with Gasteiger partial charge in [0, 0.05) is 30.2 Å². The van der Waals surface area contributed by atoms with Crippen molar-refractivity contribution in [2.45, 2.75) is 41.5 Å². The van der Waals surface area contributed by atoms with E-state index in [1.54, 1.807) is 24.3 Å². The average Bonchev–Trinajstić information content (AvgIpc) is 2.84. The summed E-state index contributed by atoms with van der Waals surface area (Å²) in [7, 11) is -3.67. The van der Waals surface area contributed by atoms with Crippen LogP contribution in [0.25, 0.3) is 0 Å². The van der Waals surface area contributed by atoms with E-state index < -0.39 is 15.6 Å². The topological polar surface area (TPSA) is 116 Å². The van der Waals surface area contributed by atoms with Crippen LogP contribution in [0.5, 0.6) is 0 Å². The van der Waals surface area contributed by atoms with Crippen molar-refractivity contribution in [2.24, 2.45) is 0 Å². The number of hydrogen-bond acceptors (Lipinski definition) is 6. The molecule has 0 radical (unpaired) electrons. The van der Waals surface area contributed by atoms with Crippen molar-refractivity contribution in [2.75, 3.05) is 31.9 Å². The molecule has 0 unspecified atom stereocenters. The molecule has 1 fully saturated rings. The lowest BCUT2D eigenvalue weighted by atomic mass is 9.87. The number of aryl methyl sites for hydroxylation is 1. The number of carbonyl (C=O) groups excluding carboxylic acids is 2. The van der Waals surface area contributed by atoms with Crippen LogP contribution < -0.4 is 20.7 Å². The third-order valence-electron chi connectivity index (χ3n) is 5.72. The highest BCUT2D eigenvalue weighted by Crippen LogP contribution is 2.21. The second-order valence-electron chi connectivity index (χ2n) is 8.40. The smallest absolute Gasteiger partial charge is 0.245 e. The van der Waals surface area contributed by atoms with Gasteiger partial charge in [-0.05, 0) is 69.3 Å². The number of carbonyl (C=O) groups is 2. The maximum Gasteiger partial charge on any atom is 0.245 e. The third-order valence-corrected chi connectivity index (χ3v) is 8.21. The van der Waals surface area contributed by atoms with E-state index in [2.05, 4.69) is 20.7 Å². The van der Waals surface area contributed by atoms with Crippen molar-refractivity contribution in [3.05, 3.63) is 59.9 Å². The van der Waals surface area contributed by atoms with Crippen molar-refractivity contribution >= 4 is 33.6 Å². The Bertz CT molecular complexity index is 1100. The predicted molar refractivity (Wildman–Crippen MR) is 134 cm³/mol. The molecule has 4 N–H and O–H groups in total. The van der Waals surface area contributed by atoms with Crippen LogP contribution in [-0.2, 0) is 19.6 Å². The third kappa shape index (κ3) is 8.03. The highest BCUT2D eigenvalue weighted by atomic mass is 32.2. The molecule has 1 aliphatic heterocycles. The van der Waals surface area contributed by atoms with Gasteiger partial charge in [0.25, 0.3) is 0 Å². The molecule has 1 aliphatic rings. The molecule has 0 saturated carbocycles. The normalized spacial score (nSPS) is 15.4. The highest BCUT2D eigenvalue weighted by Gasteiger charge is 2.40. The zero-order chi connectivity index (χ0) is 25.3. The van der Waals surface area contributed by atoms with Crippen LogP contribution in [0.1, 0.15) is 24.8 Å². The zero-order valence-electron chi connectivity index (χ0n) is 19.6. The Balaban J connectivity index is 1.48.